The summed E-state index contributed by atoms with van der Waals surface area (Å²) in [5.41, 5.74) is -0.00112. The number of rotatable bonds is 4. The van der Waals surface area contributed by atoms with Crippen molar-refractivity contribution in [3.05, 3.63) is 76.7 Å². The van der Waals surface area contributed by atoms with Crippen molar-refractivity contribution in [3.8, 4) is 22.8 Å². The van der Waals surface area contributed by atoms with Crippen LogP contribution in [0.5, 0.6) is 0 Å². The Morgan fingerprint density at radius 3 is 2.46 bits per heavy atom. The summed E-state index contributed by atoms with van der Waals surface area (Å²) in [6, 6.07) is 5.28. The molecule has 0 aliphatic heterocycles. The zero-order valence-corrected chi connectivity index (χ0v) is 21.0. The van der Waals surface area contributed by atoms with Gasteiger partial charge < -0.3 is 9.52 Å². The van der Waals surface area contributed by atoms with E-state index in [0.717, 1.165) is 24.1 Å². The van der Waals surface area contributed by atoms with Gasteiger partial charge in [0.25, 0.3) is 0 Å². The first-order chi connectivity index (χ1) is 18.4. The summed E-state index contributed by atoms with van der Waals surface area (Å²) in [4.78, 5) is 12.9. The number of hydrogen-bond acceptors (Lipinski definition) is 7. The van der Waals surface area contributed by atoms with Gasteiger partial charge in [-0.15, -0.1) is 5.10 Å². The molecule has 3 aromatic heterocycles. The van der Waals surface area contributed by atoms with Crippen molar-refractivity contribution in [1.82, 2.24) is 25.1 Å². The van der Waals surface area contributed by atoms with E-state index in [9.17, 15) is 27.1 Å². The van der Waals surface area contributed by atoms with Crippen molar-refractivity contribution >= 4 is 0 Å². The lowest BCUT2D eigenvalue weighted by Crippen LogP contribution is -2.38. The summed E-state index contributed by atoms with van der Waals surface area (Å²) >= 11 is 0. The lowest BCUT2D eigenvalue weighted by Gasteiger charge is -2.37. The highest BCUT2D eigenvalue weighted by Crippen LogP contribution is 2.69. The molecule has 1 saturated carbocycles. The average Bonchev–Trinajstić information content (AvgIpc) is 3.46. The smallest absolute Gasteiger partial charge is 0.420 e. The van der Waals surface area contributed by atoms with Gasteiger partial charge in [-0.25, -0.2) is 18.7 Å². The van der Waals surface area contributed by atoms with Gasteiger partial charge in [0.15, 0.2) is 6.10 Å². The molecular weight excluding hydrogens is 521 g/mol. The van der Waals surface area contributed by atoms with Crippen molar-refractivity contribution in [2.45, 2.75) is 57.2 Å². The van der Waals surface area contributed by atoms with Crippen LogP contribution in [0.15, 0.2) is 41.1 Å². The third-order valence-corrected chi connectivity index (χ3v) is 8.29. The van der Waals surface area contributed by atoms with Crippen molar-refractivity contribution < 1.29 is 31.5 Å². The van der Waals surface area contributed by atoms with Gasteiger partial charge in [0, 0.05) is 6.20 Å². The molecule has 3 heterocycles. The molecular formula is C27H22F5N5O2. The molecule has 1 aromatic carbocycles. The molecule has 2 bridgehead atoms. The Labute approximate surface area is 219 Å². The highest BCUT2D eigenvalue weighted by molar-refractivity contribution is 5.64. The van der Waals surface area contributed by atoms with E-state index >= 15 is 0 Å². The van der Waals surface area contributed by atoms with Crippen molar-refractivity contribution in [1.29, 1.82) is 0 Å². The first-order valence-corrected chi connectivity index (χ1v) is 12.2. The van der Waals surface area contributed by atoms with Gasteiger partial charge in [-0.3, -0.25) is 4.98 Å². The van der Waals surface area contributed by atoms with Crippen LogP contribution in [0, 0.1) is 24.0 Å². The number of aliphatic hydroxyl groups excluding tert-OH is 1. The van der Waals surface area contributed by atoms with Crippen LogP contribution in [0.25, 0.3) is 22.8 Å². The number of aromatic nitrogens is 5. The van der Waals surface area contributed by atoms with Gasteiger partial charge in [0.1, 0.15) is 28.8 Å². The number of aliphatic hydroxyl groups is 1. The second-order valence-electron chi connectivity index (χ2n) is 10.5. The maximum absolute atomic E-state index is 14.5. The van der Waals surface area contributed by atoms with Gasteiger partial charge in [-0.05, 0) is 54.9 Å². The minimum Gasteiger partial charge on any atom is -0.440 e. The molecule has 12 heteroatoms. The van der Waals surface area contributed by atoms with Crippen LogP contribution in [0.3, 0.4) is 0 Å². The van der Waals surface area contributed by atoms with Gasteiger partial charge in [-0.1, -0.05) is 19.9 Å². The highest BCUT2D eigenvalue weighted by atomic mass is 19.4. The number of benzene rings is 1. The van der Waals surface area contributed by atoms with Crippen LogP contribution in [-0.2, 0) is 5.41 Å². The Kier molecular flexibility index (Phi) is 5.45. The van der Waals surface area contributed by atoms with E-state index in [0.29, 0.717) is 17.8 Å². The van der Waals surface area contributed by atoms with Gasteiger partial charge >= 0.3 is 6.18 Å². The highest BCUT2D eigenvalue weighted by Gasteiger charge is 2.65. The molecule has 4 aromatic rings. The average molecular weight is 543 g/mol. The van der Waals surface area contributed by atoms with E-state index < -0.39 is 40.4 Å². The number of hydrogen-bond donors (Lipinski definition) is 1. The zero-order valence-electron chi connectivity index (χ0n) is 21.0. The van der Waals surface area contributed by atoms with Crippen molar-refractivity contribution in [3.63, 3.8) is 0 Å². The first kappa shape index (κ1) is 25.5. The van der Waals surface area contributed by atoms with Crippen LogP contribution in [-0.4, -0.2) is 36.4 Å². The van der Waals surface area contributed by atoms with E-state index in [4.69, 9.17) is 9.40 Å². The standard InChI is InChI=1S/C27H22F5N5O2/c1-12-21(23(38)27(30,31)32)35-24(39-12)18-10-33-11-19(34-18)26-8-7-14(25(26,2)3)13-9-17(36-37-22(13)26)20-15(28)5-4-6-16(20)29/h4-6,9-11,14,23,38H,7-8H2,1-3H3/t14-,23+,26+/m0/s1. The molecule has 39 heavy (non-hydrogen) atoms. The second kappa shape index (κ2) is 8.35. The quantitative estimate of drug-likeness (QED) is 0.317. The largest absolute Gasteiger partial charge is 0.440 e. The first-order valence-electron chi connectivity index (χ1n) is 12.2. The molecule has 6 rings (SSSR count). The minimum atomic E-state index is -4.91. The molecule has 202 valence electrons. The Bertz CT molecular complexity index is 1600. The van der Waals surface area contributed by atoms with Crippen molar-refractivity contribution in [2.75, 3.05) is 0 Å². The lowest BCUT2D eigenvalue weighted by atomic mass is 9.66. The summed E-state index contributed by atoms with van der Waals surface area (Å²) in [7, 11) is 0. The third kappa shape index (κ3) is 3.53. The Hall–Kier alpha value is -3.80. The number of nitrogens with zero attached hydrogens (tertiary/aromatic N) is 5. The molecule has 1 fully saturated rings. The summed E-state index contributed by atoms with van der Waals surface area (Å²) in [5, 5.41) is 18.3. The lowest BCUT2D eigenvalue weighted by molar-refractivity contribution is -0.208. The van der Waals surface area contributed by atoms with Crippen LogP contribution in [0.1, 0.15) is 67.1 Å². The molecule has 3 atom stereocenters. The fraction of sp³-hybridized carbons (Fsp3) is 0.370. The van der Waals surface area contributed by atoms with Gasteiger partial charge in [0.05, 0.1) is 34.3 Å². The Morgan fingerprint density at radius 2 is 1.77 bits per heavy atom. The molecule has 2 aliphatic rings. The second-order valence-corrected chi connectivity index (χ2v) is 10.5. The van der Waals surface area contributed by atoms with E-state index in [2.05, 4.69) is 34.0 Å². The van der Waals surface area contributed by atoms with E-state index in [1.54, 1.807) is 12.3 Å². The molecule has 0 spiro atoms. The van der Waals surface area contributed by atoms with E-state index in [1.807, 2.05) is 0 Å². The maximum atomic E-state index is 14.5. The Balaban J connectivity index is 1.46. The summed E-state index contributed by atoms with van der Waals surface area (Å²) in [5.74, 6) is -1.89. The summed E-state index contributed by atoms with van der Waals surface area (Å²) < 4.78 is 73.7. The number of fused-ring (bicyclic) bond motifs is 5. The number of halogens is 5. The monoisotopic (exact) mass is 543 g/mol. The fourth-order valence-corrected chi connectivity index (χ4v) is 6.36. The van der Waals surface area contributed by atoms with Crippen molar-refractivity contribution in [2.24, 2.45) is 5.41 Å². The van der Waals surface area contributed by atoms with Gasteiger partial charge in [-0.2, -0.15) is 18.3 Å². The topological polar surface area (TPSA) is 97.8 Å². The molecule has 0 radical (unpaired) electrons. The van der Waals surface area contributed by atoms with Gasteiger partial charge in [0.2, 0.25) is 5.89 Å². The molecule has 0 saturated heterocycles. The molecule has 0 amide bonds. The predicted molar refractivity (Wildman–Crippen MR) is 127 cm³/mol. The van der Waals surface area contributed by atoms with Crippen LogP contribution in [0.2, 0.25) is 0 Å². The minimum absolute atomic E-state index is 0.0143. The Morgan fingerprint density at radius 1 is 1.05 bits per heavy atom. The van der Waals surface area contributed by atoms with Crippen LogP contribution < -0.4 is 0 Å². The predicted octanol–water partition coefficient (Wildman–Crippen LogP) is 5.97. The molecule has 1 N–H and O–H groups in total. The summed E-state index contributed by atoms with van der Waals surface area (Å²) in [6.07, 6.45) is -3.44. The fourth-order valence-electron chi connectivity index (χ4n) is 6.36. The molecule has 0 unspecified atom stereocenters. The third-order valence-electron chi connectivity index (χ3n) is 8.29. The SMILES string of the molecule is Cc1oc(-c2cncc([C@]34CC[C@@H](c5cc(-c6c(F)cccc6F)nnc53)C4(C)C)n2)nc1[C@@H](O)C(F)(F)F. The summed E-state index contributed by atoms with van der Waals surface area (Å²) in [6.45, 7) is 5.38. The normalized spacial score (nSPS) is 22.2. The molecule has 7 nitrogen and oxygen atoms in total. The zero-order chi connectivity index (χ0) is 27.9. The maximum Gasteiger partial charge on any atom is 0.420 e. The van der Waals surface area contributed by atoms with E-state index in [1.165, 1.54) is 19.2 Å². The van der Waals surface area contributed by atoms with Crippen LogP contribution in [0.4, 0.5) is 22.0 Å². The van der Waals surface area contributed by atoms with Crippen LogP contribution >= 0.6 is 0 Å². The molecule has 2 aliphatic carbocycles. The number of aryl methyl sites for hydroxylation is 1. The van der Waals surface area contributed by atoms with E-state index in [-0.39, 0.29) is 34.5 Å². The number of oxazole rings is 1. The number of alkyl halides is 3.